The first-order valence-electron chi connectivity index (χ1n) is 9.33. The lowest BCUT2D eigenvalue weighted by Crippen LogP contribution is -2.45. The molecule has 3 atom stereocenters. The van der Waals surface area contributed by atoms with E-state index >= 15 is 0 Å². The Morgan fingerprint density at radius 3 is 3.00 bits per heavy atom. The van der Waals surface area contributed by atoms with Gasteiger partial charge in [0.2, 0.25) is 5.91 Å². The number of hydrogen-bond acceptors (Lipinski definition) is 4. The van der Waals surface area contributed by atoms with E-state index < -0.39 is 0 Å². The Morgan fingerprint density at radius 1 is 1.32 bits per heavy atom. The summed E-state index contributed by atoms with van der Waals surface area (Å²) in [6.07, 6.45) is 8.07. The fourth-order valence-corrected chi connectivity index (χ4v) is 5.54. The van der Waals surface area contributed by atoms with Crippen LogP contribution in [0.2, 0.25) is 0 Å². The first-order valence-corrected chi connectivity index (χ1v) is 10.2. The number of rotatable bonds is 3. The molecule has 6 heteroatoms. The number of fused-ring (bicyclic) bond motifs is 3. The van der Waals surface area contributed by atoms with Gasteiger partial charge in [-0.05, 0) is 43.1 Å². The lowest BCUT2D eigenvalue weighted by atomic mass is 9.78. The second kappa shape index (κ2) is 6.56. The molecule has 1 fully saturated rings. The van der Waals surface area contributed by atoms with Gasteiger partial charge in [0.1, 0.15) is 11.4 Å². The van der Waals surface area contributed by atoms with Crippen LogP contribution in [0.1, 0.15) is 50.0 Å². The van der Waals surface area contributed by atoms with Gasteiger partial charge in [0.25, 0.3) is 5.56 Å². The van der Waals surface area contributed by atoms with Crippen molar-refractivity contribution < 1.29 is 4.79 Å². The molecule has 0 radical (unpaired) electrons. The summed E-state index contributed by atoms with van der Waals surface area (Å²) in [5, 5.41) is 3.89. The van der Waals surface area contributed by atoms with E-state index in [-0.39, 0.29) is 24.1 Å². The van der Waals surface area contributed by atoms with Crippen molar-refractivity contribution in [3.05, 3.63) is 27.1 Å². The maximum Gasteiger partial charge on any atom is 0.262 e. The Kier molecular flexibility index (Phi) is 4.40. The number of hydrogen-bond donors (Lipinski definition) is 1. The zero-order chi connectivity index (χ0) is 17.6. The van der Waals surface area contributed by atoms with Crippen LogP contribution in [0.4, 0.5) is 0 Å². The maximum absolute atomic E-state index is 12.8. The number of aromatic nitrogens is 2. The summed E-state index contributed by atoms with van der Waals surface area (Å²) in [6, 6.07) is 0.217. The topological polar surface area (TPSA) is 64.0 Å². The molecule has 0 spiro atoms. The smallest absolute Gasteiger partial charge is 0.262 e. The van der Waals surface area contributed by atoms with Crippen molar-refractivity contribution in [2.75, 3.05) is 0 Å². The lowest BCUT2D eigenvalue weighted by molar-refractivity contribution is -0.123. The van der Waals surface area contributed by atoms with Crippen molar-refractivity contribution in [2.45, 2.75) is 65.0 Å². The Hall–Kier alpha value is -1.69. The maximum atomic E-state index is 12.8. The summed E-state index contributed by atoms with van der Waals surface area (Å²) in [5.74, 6) is 1.03. The number of nitrogens with zero attached hydrogens (tertiary/aromatic N) is 2. The highest BCUT2D eigenvalue weighted by Gasteiger charge is 2.28. The molecule has 2 aliphatic rings. The fourth-order valence-electron chi connectivity index (χ4n) is 4.32. The number of carbonyl (C=O) groups is 1. The van der Waals surface area contributed by atoms with Gasteiger partial charge >= 0.3 is 0 Å². The van der Waals surface area contributed by atoms with E-state index in [2.05, 4.69) is 24.1 Å². The molecule has 2 aromatic rings. The lowest BCUT2D eigenvalue weighted by Gasteiger charge is -2.34. The van der Waals surface area contributed by atoms with Crippen LogP contribution in [-0.2, 0) is 24.2 Å². The second-order valence-corrected chi connectivity index (χ2v) is 8.74. The molecular formula is C19H25N3O2S. The van der Waals surface area contributed by atoms with Crippen molar-refractivity contribution in [2.24, 2.45) is 11.8 Å². The summed E-state index contributed by atoms with van der Waals surface area (Å²) in [7, 11) is 0. The molecular weight excluding hydrogens is 334 g/mol. The van der Waals surface area contributed by atoms with E-state index in [1.807, 2.05) is 0 Å². The predicted molar refractivity (Wildman–Crippen MR) is 100 cm³/mol. The number of thiophene rings is 1. The van der Waals surface area contributed by atoms with Gasteiger partial charge in [-0.25, -0.2) is 4.98 Å². The monoisotopic (exact) mass is 359 g/mol. The Morgan fingerprint density at radius 2 is 2.16 bits per heavy atom. The van der Waals surface area contributed by atoms with Crippen LogP contribution in [0.3, 0.4) is 0 Å². The number of nitrogens with one attached hydrogen (secondary N) is 1. The van der Waals surface area contributed by atoms with E-state index in [0.717, 1.165) is 42.3 Å². The summed E-state index contributed by atoms with van der Waals surface area (Å²) in [5.41, 5.74) is 1.10. The van der Waals surface area contributed by atoms with Crippen LogP contribution < -0.4 is 10.9 Å². The van der Waals surface area contributed by atoms with Gasteiger partial charge in [-0.15, -0.1) is 11.3 Å². The summed E-state index contributed by atoms with van der Waals surface area (Å²) in [4.78, 5) is 31.9. The van der Waals surface area contributed by atoms with Crippen LogP contribution in [0.15, 0.2) is 11.1 Å². The molecule has 0 aromatic carbocycles. The SMILES string of the molecule is C[C@@H]1[C@H](C)CCC[C@@H]1NC(=O)Cn1cnc2sc3c(c2c1=O)CCC3. The molecule has 1 saturated carbocycles. The van der Waals surface area contributed by atoms with E-state index in [4.69, 9.17) is 0 Å². The zero-order valence-electron chi connectivity index (χ0n) is 14.9. The van der Waals surface area contributed by atoms with Crippen LogP contribution in [0.5, 0.6) is 0 Å². The standard InChI is InChI=1S/C19H25N3O2S/c1-11-5-3-7-14(12(11)2)21-16(23)9-22-10-20-18-17(19(22)24)13-6-4-8-15(13)25-18/h10-12,14H,3-9H2,1-2H3,(H,21,23)/t11-,12-,14+/m1/s1. The normalized spacial score (nSPS) is 25.9. The molecule has 1 amide bonds. The third-order valence-corrected chi connectivity index (χ3v) is 7.26. The van der Waals surface area contributed by atoms with E-state index in [1.54, 1.807) is 11.3 Å². The van der Waals surface area contributed by atoms with Gasteiger partial charge in [-0.1, -0.05) is 26.7 Å². The van der Waals surface area contributed by atoms with Gasteiger partial charge in [-0.2, -0.15) is 0 Å². The van der Waals surface area contributed by atoms with Crippen LogP contribution >= 0.6 is 11.3 Å². The number of amides is 1. The number of carbonyl (C=O) groups excluding carboxylic acids is 1. The molecule has 1 N–H and O–H groups in total. The Labute approximate surface area is 151 Å². The largest absolute Gasteiger partial charge is 0.352 e. The zero-order valence-corrected chi connectivity index (χ0v) is 15.7. The number of aryl methyl sites for hydroxylation is 2. The van der Waals surface area contributed by atoms with Crippen molar-refractivity contribution in [1.29, 1.82) is 0 Å². The molecule has 2 aliphatic carbocycles. The molecule has 5 nitrogen and oxygen atoms in total. The quantitative estimate of drug-likeness (QED) is 0.916. The molecule has 0 aliphatic heterocycles. The summed E-state index contributed by atoms with van der Waals surface area (Å²) >= 11 is 1.63. The first kappa shape index (κ1) is 16.8. The van der Waals surface area contributed by atoms with E-state index in [0.29, 0.717) is 11.8 Å². The summed E-state index contributed by atoms with van der Waals surface area (Å²) in [6.45, 7) is 4.52. The molecule has 0 bridgehead atoms. The molecule has 134 valence electrons. The second-order valence-electron chi connectivity index (χ2n) is 7.66. The average Bonchev–Trinajstić information content (AvgIpc) is 3.15. The van der Waals surface area contributed by atoms with Gasteiger partial charge in [-0.3, -0.25) is 14.2 Å². The van der Waals surface area contributed by atoms with Gasteiger partial charge in [0, 0.05) is 10.9 Å². The molecule has 2 aromatic heterocycles. The third kappa shape index (κ3) is 3.01. The minimum absolute atomic E-state index is 0.0595. The van der Waals surface area contributed by atoms with Crippen molar-refractivity contribution in [3.63, 3.8) is 0 Å². The van der Waals surface area contributed by atoms with Gasteiger partial charge in [0.15, 0.2) is 0 Å². The predicted octanol–water partition coefficient (Wildman–Crippen LogP) is 2.89. The minimum Gasteiger partial charge on any atom is -0.352 e. The van der Waals surface area contributed by atoms with Crippen LogP contribution in [0.25, 0.3) is 10.2 Å². The van der Waals surface area contributed by atoms with Crippen molar-refractivity contribution in [1.82, 2.24) is 14.9 Å². The fraction of sp³-hybridized carbons (Fsp3) is 0.632. The molecule has 25 heavy (non-hydrogen) atoms. The minimum atomic E-state index is -0.0823. The van der Waals surface area contributed by atoms with Crippen LogP contribution in [-0.4, -0.2) is 21.5 Å². The Balaban J connectivity index is 1.53. The molecule has 4 rings (SSSR count). The highest BCUT2D eigenvalue weighted by molar-refractivity contribution is 7.18. The molecule has 2 heterocycles. The van der Waals surface area contributed by atoms with Crippen LogP contribution in [0, 0.1) is 11.8 Å². The molecule has 0 unspecified atom stereocenters. The van der Waals surface area contributed by atoms with Crippen molar-refractivity contribution >= 4 is 27.5 Å². The highest BCUT2D eigenvalue weighted by atomic mass is 32.1. The average molecular weight is 359 g/mol. The van der Waals surface area contributed by atoms with Gasteiger partial charge < -0.3 is 5.32 Å². The first-order chi connectivity index (χ1) is 12.0. The molecule has 0 saturated heterocycles. The van der Waals surface area contributed by atoms with E-state index in [1.165, 1.54) is 27.8 Å². The summed E-state index contributed by atoms with van der Waals surface area (Å²) < 4.78 is 1.47. The van der Waals surface area contributed by atoms with E-state index in [9.17, 15) is 9.59 Å². The van der Waals surface area contributed by atoms with Crippen molar-refractivity contribution in [3.8, 4) is 0 Å². The highest BCUT2D eigenvalue weighted by Crippen LogP contribution is 2.34. The van der Waals surface area contributed by atoms with Gasteiger partial charge in [0.05, 0.1) is 11.7 Å². The third-order valence-electron chi connectivity index (χ3n) is 6.06. The Bertz CT molecular complexity index is 869.